The summed E-state index contributed by atoms with van der Waals surface area (Å²) in [4.78, 5) is 1.28. The Hall–Kier alpha value is -1.45. The highest BCUT2D eigenvalue weighted by molar-refractivity contribution is 7.98. The third-order valence-electron chi connectivity index (χ3n) is 4.16. The maximum Gasteiger partial charge on any atom is 0.122 e. The van der Waals surface area contributed by atoms with Crippen molar-refractivity contribution in [2.75, 3.05) is 12.9 Å². The SMILES string of the molecule is CSc1ccccc1C(N)CC1CCOc2ccccc21. The zero-order valence-electron chi connectivity index (χ0n) is 12.3. The van der Waals surface area contributed by atoms with Crippen LogP contribution in [0.2, 0.25) is 0 Å². The Balaban J connectivity index is 1.81. The smallest absolute Gasteiger partial charge is 0.122 e. The predicted molar refractivity (Wildman–Crippen MR) is 89.1 cm³/mol. The van der Waals surface area contributed by atoms with Crippen LogP contribution in [0.5, 0.6) is 5.75 Å². The fourth-order valence-electron chi connectivity index (χ4n) is 3.07. The summed E-state index contributed by atoms with van der Waals surface area (Å²) in [6.07, 6.45) is 4.12. The van der Waals surface area contributed by atoms with Crippen LogP contribution in [0.25, 0.3) is 0 Å². The van der Waals surface area contributed by atoms with Crippen molar-refractivity contribution in [2.24, 2.45) is 5.73 Å². The molecule has 0 spiro atoms. The summed E-state index contributed by atoms with van der Waals surface area (Å²) in [6.45, 7) is 0.790. The Morgan fingerprint density at radius 1 is 1.19 bits per heavy atom. The monoisotopic (exact) mass is 299 g/mol. The van der Waals surface area contributed by atoms with Gasteiger partial charge < -0.3 is 10.5 Å². The second kappa shape index (κ2) is 6.54. The van der Waals surface area contributed by atoms with Crippen LogP contribution in [0.3, 0.4) is 0 Å². The van der Waals surface area contributed by atoms with Crippen molar-refractivity contribution < 1.29 is 4.74 Å². The minimum absolute atomic E-state index is 0.0739. The summed E-state index contributed by atoms with van der Waals surface area (Å²) in [7, 11) is 0. The highest BCUT2D eigenvalue weighted by atomic mass is 32.2. The van der Waals surface area contributed by atoms with Gasteiger partial charge in [0.05, 0.1) is 6.61 Å². The molecule has 2 aromatic carbocycles. The minimum atomic E-state index is 0.0739. The molecule has 0 fully saturated rings. The summed E-state index contributed by atoms with van der Waals surface area (Å²) >= 11 is 1.77. The van der Waals surface area contributed by atoms with Crippen molar-refractivity contribution >= 4 is 11.8 Å². The third kappa shape index (κ3) is 3.09. The first-order valence-corrected chi connectivity index (χ1v) is 8.62. The van der Waals surface area contributed by atoms with Gasteiger partial charge in [-0.05, 0) is 48.3 Å². The molecule has 1 aliphatic rings. The fraction of sp³-hybridized carbons (Fsp3) is 0.333. The van der Waals surface area contributed by atoms with Crippen LogP contribution in [0.4, 0.5) is 0 Å². The van der Waals surface area contributed by atoms with Crippen molar-refractivity contribution in [3.05, 3.63) is 59.7 Å². The van der Waals surface area contributed by atoms with Crippen LogP contribution in [-0.4, -0.2) is 12.9 Å². The second-order valence-corrected chi connectivity index (χ2v) is 6.30. The molecule has 21 heavy (non-hydrogen) atoms. The summed E-state index contributed by atoms with van der Waals surface area (Å²) in [5, 5.41) is 0. The minimum Gasteiger partial charge on any atom is -0.493 e. The van der Waals surface area contributed by atoms with Gasteiger partial charge in [0.1, 0.15) is 5.75 Å². The van der Waals surface area contributed by atoms with Crippen LogP contribution in [-0.2, 0) is 0 Å². The van der Waals surface area contributed by atoms with E-state index in [9.17, 15) is 0 Å². The van der Waals surface area contributed by atoms with E-state index in [-0.39, 0.29) is 6.04 Å². The third-order valence-corrected chi connectivity index (χ3v) is 4.97. The normalized spacial score (nSPS) is 18.7. The number of benzene rings is 2. The lowest BCUT2D eigenvalue weighted by Crippen LogP contribution is -2.20. The number of hydrogen-bond donors (Lipinski definition) is 1. The number of rotatable bonds is 4. The first-order valence-electron chi connectivity index (χ1n) is 7.40. The predicted octanol–water partition coefficient (Wildman–Crippen LogP) is 4.36. The van der Waals surface area contributed by atoms with Crippen molar-refractivity contribution in [3.8, 4) is 5.75 Å². The quantitative estimate of drug-likeness (QED) is 0.852. The molecule has 1 heterocycles. The van der Waals surface area contributed by atoms with Gasteiger partial charge in [-0.15, -0.1) is 11.8 Å². The van der Waals surface area contributed by atoms with Gasteiger partial charge in [-0.1, -0.05) is 36.4 Å². The molecule has 0 saturated carbocycles. The second-order valence-electron chi connectivity index (χ2n) is 5.46. The summed E-state index contributed by atoms with van der Waals surface area (Å²) in [5.41, 5.74) is 9.07. The number of nitrogens with two attached hydrogens (primary N) is 1. The topological polar surface area (TPSA) is 35.2 Å². The van der Waals surface area contributed by atoms with E-state index in [0.29, 0.717) is 5.92 Å². The standard InChI is InChI=1S/C18H21NOS/c1-21-18-9-5-3-7-15(18)16(19)12-13-10-11-20-17-8-4-2-6-14(13)17/h2-9,13,16H,10-12,19H2,1H3. The van der Waals surface area contributed by atoms with Gasteiger partial charge >= 0.3 is 0 Å². The molecule has 2 unspecified atom stereocenters. The van der Waals surface area contributed by atoms with Gasteiger partial charge in [0.25, 0.3) is 0 Å². The van der Waals surface area contributed by atoms with Gasteiger partial charge in [0.15, 0.2) is 0 Å². The average Bonchev–Trinajstić information content (AvgIpc) is 2.55. The first-order chi connectivity index (χ1) is 10.3. The Bertz CT molecular complexity index is 614. The number of hydrogen-bond acceptors (Lipinski definition) is 3. The van der Waals surface area contributed by atoms with Gasteiger partial charge in [-0.3, -0.25) is 0 Å². The fourth-order valence-corrected chi connectivity index (χ4v) is 3.74. The Labute approximate surface area is 130 Å². The largest absolute Gasteiger partial charge is 0.493 e. The van der Waals surface area contributed by atoms with E-state index >= 15 is 0 Å². The summed E-state index contributed by atoms with van der Waals surface area (Å²) in [5.74, 6) is 1.51. The molecular formula is C18H21NOS. The molecule has 0 aromatic heterocycles. The molecule has 110 valence electrons. The van der Waals surface area contributed by atoms with Crippen molar-refractivity contribution in [2.45, 2.75) is 29.7 Å². The highest BCUT2D eigenvalue weighted by Crippen LogP contribution is 2.39. The molecule has 2 nitrogen and oxygen atoms in total. The van der Waals surface area contributed by atoms with E-state index in [4.69, 9.17) is 10.5 Å². The van der Waals surface area contributed by atoms with E-state index in [0.717, 1.165) is 25.2 Å². The van der Waals surface area contributed by atoms with E-state index < -0.39 is 0 Å². The molecule has 0 bridgehead atoms. The van der Waals surface area contributed by atoms with Crippen LogP contribution >= 0.6 is 11.8 Å². The molecule has 0 aliphatic carbocycles. The number of thioether (sulfide) groups is 1. The molecule has 2 atom stereocenters. The molecule has 3 rings (SSSR count). The van der Waals surface area contributed by atoms with E-state index in [1.807, 2.05) is 6.07 Å². The van der Waals surface area contributed by atoms with Crippen LogP contribution in [0, 0.1) is 0 Å². The molecule has 0 amide bonds. The lowest BCUT2D eigenvalue weighted by atomic mass is 9.86. The zero-order valence-corrected chi connectivity index (χ0v) is 13.1. The van der Waals surface area contributed by atoms with Gasteiger partial charge in [0.2, 0.25) is 0 Å². The number of fused-ring (bicyclic) bond motifs is 1. The number of para-hydroxylation sites is 1. The Kier molecular flexibility index (Phi) is 4.51. The molecule has 2 aromatic rings. The average molecular weight is 299 g/mol. The van der Waals surface area contributed by atoms with Crippen LogP contribution < -0.4 is 10.5 Å². The van der Waals surface area contributed by atoms with Gasteiger partial charge in [0, 0.05) is 10.9 Å². The van der Waals surface area contributed by atoms with Gasteiger partial charge in [-0.25, -0.2) is 0 Å². The summed E-state index contributed by atoms with van der Waals surface area (Å²) in [6, 6.07) is 16.9. The summed E-state index contributed by atoms with van der Waals surface area (Å²) < 4.78 is 5.74. The highest BCUT2D eigenvalue weighted by Gasteiger charge is 2.24. The van der Waals surface area contributed by atoms with Crippen LogP contribution in [0.1, 0.15) is 35.9 Å². The Morgan fingerprint density at radius 2 is 1.95 bits per heavy atom. The molecule has 1 aliphatic heterocycles. The van der Waals surface area contributed by atoms with Crippen molar-refractivity contribution in [1.29, 1.82) is 0 Å². The molecule has 0 radical (unpaired) electrons. The lowest BCUT2D eigenvalue weighted by Gasteiger charge is -2.28. The van der Waals surface area contributed by atoms with E-state index in [1.54, 1.807) is 11.8 Å². The van der Waals surface area contributed by atoms with Gasteiger partial charge in [-0.2, -0.15) is 0 Å². The van der Waals surface area contributed by atoms with E-state index in [2.05, 4.69) is 48.7 Å². The van der Waals surface area contributed by atoms with Crippen LogP contribution in [0.15, 0.2) is 53.4 Å². The van der Waals surface area contributed by atoms with Crippen molar-refractivity contribution in [3.63, 3.8) is 0 Å². The molecular weight excluding hydrogens is 278 g/mol. The first kappa shape index (κ1) is 14.5. The maximum atomic E-state index is 6.51. The van der Waals surface area contributed by atoms with E-state index in [1.165, 1.54) is 16.0 Å². The lowest BCUT2D eigenvalue weighted by molar-refractivity contribution is 0.259. The maximum absolute atomic E-state index is 6.51. The molecule has 0 saturated heterocycles. The number of ether oxygens (including phenoxy) is 1. The molecule has 3 heteroatoms. The zero-order chi connectivity index (χ0) is 14.7. The van der Waals surface area contributed by atoms with Crippen molar-refractivity contribution in [1.82, 2.24) is 0 Å². The Morgan fingerprint density at radius 3 is 2.81 bits per heavy atom. The molecule has 2 N–H and O–H groups in total.